The third-order valence-corrected chi connectivity index (χ3v) is 6.09. The van der Waals surface area contributed by atoms with Crippen LogP contribution < -0.4 is 0 Å². The van der Waals surface area contributed by atoms with Gasteiger partial charge in [0.2, 0.25) is 0 Å². The van der Waals surface area contributed by atoms with Crippen LogP contribution in [0.5, 0.6) is 0 Å². The molecule has 0 aliphatic carbocycles. The Balaban J connectivity index is 1.95. The van der Waals surface area contributed by atoms with Crippen LogP contribution >= 0.6 is 23.2 Å². The van der Waals surface area contributed by atoms with Crippen LogP contribution in [0.4, 0.5) is 0 Å². The van der Waals surface area contributed by atoms with E-state index < -0.39 is 15.8 Å². The van der Waals surface area contributed by atoms with Crippen LogP contribution in [0.25, 0.3) is 22.0 Å². The van der Waals surface area contributed by atoms with E-state index in [-0.39, 0.29) is 11.6 Å². The van der Waals surface area contributed by atoms with Crippen molar-refractivity contribution in [3.05, 3.63) is 58.0 Å². The maximum Gasteiger partial charge on any atom is 0.184 e. The molecule has 0 aliphatic rings. The second kappa shape index (κ2) is 7.40. The van der Waals surface area contributed by atoms with Crippen molar-refractivity contribution in [2.75, 3.05) is 12.0 Å². The second-order valence-corrected chi connectivity index (χ2v) is 9.78. The molecule has 1 atom stereocenters. The Morgan fingerprint density at radius 3 is 2.62 bits per heavy atom. The lowest BCUT2D eigenvalue weighted by Crippen LogP contribution is -2.19. The first kappa shape index (κ1) is 19.8. The average molecular weight is 451 g/mol. The Hall–Kier alpha value is -2.49. The molecule has 2 aromatic heterocycles. The van der Waals surface area contributed by atoms with Gasteiger partial charge in [0.05, 0.1) is 17.4 Å². The van der Waals surface area contributed by atoms with E-state index in [2.05, 4.69) is 25.7 Å². The number of rotatable bonds is 5. The Bertz CT molecular complexity index is 1300. The highest BCUT2D eigenvalue weighted by molar-refractivity contribution is 7.90. The minimum atomic E-state index is -3.33. The van der Waals surface area contributed by atoms with E-state index in [0.29, 0.717) is 21.3 Å². The number of nitrogens with one attached hydrogen (secondary N) is 1. The average Bonchev–Trinajstić information content (AvgIpc) is 3.26. The molecule has 11 heteroatoms. The van der Waals surface area contributed by atoms with Crippen LogP contribution in [0, 0.1) is 0 Å². The van der Waals surface area contributed by atoms with E-state index in [9.17, 15) is 8.42 Å². The third kappa shape index (κ3) is 3.85. The Morgan fingerprint density at radius 1 is 1.17 bits per heavy atom. The first-order valence-corrected chi connectivity index (χ1v) is 11.4. The monoisotopic (exact) mass is 450 g/mol. The summed E-state index contributed by atoms with van der Waals surface area (Å²) in [6, 6.07) is 10.9. The Morgan fingerprint density at radius 2 is 1.97 bits per heavy atom. The van der Waals surface area contributed by atoms with Gasteiger partial charge >= 0.3 is 0 Å². The number of sulfone groups is 1. The number of H-pyrrole nitrogens is 1. The number of tetrazole rings is 1. The van der Waals surface area contributed by atoms with Crippen LogP contribution in [-0.2, 0) is 16.9 Å². The molecule has 0 spiro atoms. The van der Waals surface area contributed by atoms with Crippen molar-refractivity contribution >= 4 is 43.9 Å². The van der Waals surface area contributed by atoms with Crippen molar-refractivity contribution in [3.63, 3.8) is 0 Å². The van der Waals surface area contributed by atoms with Crippen LogP contribution in [-0.4, -0.2) is 50.8 Å². The summed E-state index contributed by atoms with van der Waals surface area (Å²) in [6.45, 7) is 0. The number of hydrogen-bond donors (Lipinski definition) is 1. The molecule has 1 N–H and O–H groups in total. The summed E-state index contributed by atoms with van der Waals surface area (Å²) in [7, 11) is -1.57. The van der Waals surface area contributed by atoms with Gasteiger partial charge < -0.3 is 0 Å². The third-order valence-electron chi connectivity index (χ3n) is 4.60. The number of nitrogens with zero attached hydrogens (tertiary/aromatic N) is 5. The number of hydrogen-bond acceptors (Lipinski definition) is 6. The van der Waals surface area contributed by atoms with Crippen molar-refractivity contribution in [2.24, 2.45) is 7.05 Å². The first-order valence-electron chi connectivity index (χ1n) is 8.56. The molecular formula is C18H16Cl2N6O2S. The molecule has 0 fully saturated rings. The summed E-state index contributed by atoms with van der Waals surface area (Å²) < 4.78 is 25.9. The minimum absolute atomic E-state index is 0.174. The van der Waals surface area contributed by atoms with Gasteiger partial charge in [-0.1, -0.05) is 52.7 Å². The fraction of sp³-hybridized carbons (Fsp3) is 0.222. The molecule has 0 saturated carbocycles. The lowest BCUT2D eigenvalue weighted by Gasteiger charge is -2.13. The van der Waals surface area contributed by atoms with Gasteiger partial charge in [-0.05, 0) is 12.1 Å². The standard InChI is InChI=1S/C18H16Cl2N6O2S/c1-26-17(14(9-29(2,27)28)18-21-24-25-22-18)13-5-3-4-12(16(13)23-26)11-7-6-10(19)8-15(11)20/h3-8,14H,9H2,1-2H3,(H,21,22,24,25). The van der Waals surface area contributed by atoms with Gasteiger partial charge in [0.25, 0.3) is 0 Å². The van der Waals surface area contributed by atoms with Crippen LogP contribution in [0.1, 0.15) is 17.4 Å². The van der Waals surface area contributed by atoms with Crippen LogP contribution in [0.2, 0.25) is 10.0 Å². The van der Waals surface area contributed by atoms with Gasteiger partial charge in [0.15, 0.2) is 5.82 Å². The van der Waals surface area contributed by atoms with Gasteiger partial charge in [0, 0.05) is 39.9 Å². The molecular weight excluding hydrogens is 435 g/mol. The largest absolute Gasteiger partial charge is 0.271 e. The quantitative estimate of drug-likeness (QED) is 0.499. The van der Waals surface area contributed by atoms with E-state index in [0.717, 1.165) is 16.5 Å². The summed E-state index contributed by atoms with van der Waals surface area (Å²) in [5.41, 5.74) is 2.97. The van der Waals surface area contributed by atoms with E-state index >= 15 is 0 Å². The molecule has 4 aromatic rings. The van der Waals surface area contributed by atoms with E-state index in [4.69, 9.17) is 23.2 Å². The lowest BCUT2D eigenvalue weighted by atomic mass is 9.98. The SMILES string of the molecule is Cn1nc2c(-c3ccc(Cl)cc3Cl)cccc2c1C(CS(C)(=O)=O)c1nn[nH]n1. The normalized spacial score (nSPS) is 13.1. The molecule has 150 valence electrons. The van der Waals surface area contributed by atoms with Crippen LogP contribution in [0.15, 0.2) is 36.4 Å². The summed E-state index contributed by atoms with van der Waals surface area (Å²) in [4.78, 5) is 0. The smallest absolute Gasteiger partial charge is 0.184 e. The maximum atomic E-state index is 12.1. The molecule has 0 aliphatic heterocycles. The van der Waals surface area contributed by atoms with Crippen molar-refractivity contribution < 1.29 is 8.42 Å². The maximum absolute atomic E-state index is 12.1. The topological polar surface area (TPSA) is 106 Å². The highest BCUT2D eigenvalue weighted by Gasteiger charge is 2.29. The van der Waals surface area contributed by atoms with Crippen molar-refractivity contribution in [1.29, 1.82) is 0 Å². The molecule has 4 rings (SSSR count). The second-order valence-electron chi connectivity index (χ2n) is 6.75. The van der Waals surface area contributed by atoms with Gasteiger partial charge in [0.1, 0.15) is 15.4 Å². The van der Waals surface area contributed by atoms with E-state index in [1.54, 1.807) is 23.9 Å². The zero-order valence-electron chi connectivity index (χ0n) is 15.5. The number of aromatic amines is 1. The zero-order valence-corrected chi connectivity index (χ0v) is 17.8. The van der Waals surface area contributed by atoms with Gasteiger partial charge in [-0.3, -0.25) is 4.68 Å². The number of aromatic nitrogens is 6. The highest BCUT2D eigenvalue weighted by Crippen LogP contribution is 2.37. The minimum Gasteiger partial charge on any atom is -0.271 e. The number of fused-ring (bicyclic) bond motifs is 1. The summed E-state index contributed by atoms with van der Waals surface area (Å²) in [6.07, 6.45) is 1.18. The fourth-order valence-corrected chi connectivity index (χ4v) is 4.89. The van der Waals surface area contributed by atoms with Crippen LogP contribution in [0.3, 0.4) is 0 Å². The van der Waals surface area contributed by atoms with Gasteiger partial charge in [-0.2, -0.15) is 10.3 Å². The van der Waals surface area contributed by atoms with Crippen molar-refractivity contribution in [3.8, 4) is 11.1 Å². The number of benzene rings is 2. The first-order chi connectivity index (χ1) is 13.7. The highest BCUT2D eigenvalue weighted by atomic mass is 35.5. The van der Waals surface area contributed by atoms with Crippen molar-refractivity contribution in [2.45, 2.75) is 5.92 Å². The zero-order chi connectivity index (χ0) is 20.8. The van der Waals surface area contributed by atoms with E-state index in [1.807, 2.05) is 24.3 Å². The molecule has 0 radical (unpaired) electrons. The molecule has 2 heterocycles. The summed E-state index contributed by atoms with van der Waals surface area (Å²) in [5, 5.41) is 20.5. The van der Waals surface area contributed by atoms with Gasteiger partial charge in [-0.25, -0.2) is 8.42 Å². The Labute approximate surface area is 176 Å². The molecule has 0 amide bonds. The van der Waals surface area contributed by atoms with Gasteiger partial charge in [-0.15, -0.1) is 10.2 Å². The number of aryl methyl sites for hydroxylation is 1. The predicted molar refractivity (Wildman–Crippen MR) is 112 cm³/mol. The molecule has 29 heavy (non-hydrogen) atoms. The molecule has 8 nitrogen and oxygen atoms in total. The fourth-order valence-electron chi connectivity index (χ4n) is 3.47. The number of halogens is 2. The molecule has 0 saturated heterocycles. The summed E-state index contributed by atoms with van der Waals surface area (Å²) >= 11 is 12.4. The molecule has 1 unspecified atom stereocenters. The lowest BCUT2D eigenvalue weighted by molar-refractivity contribution is 0.591. The molecule has 2 aromatic carbocycles. The summed E-state index contributed by atoms with van der Waals surface area (Å²) in [5.74, 6) is -0.516. The predicted octanol–water partition coefficient (Wildman–Crippen LogP) is 3.24. The van der Waals surface area contributed by atoms with E-state index in [1.165, 1.54) is 6.26 Å². The molecule has 0 bridgehead atoms. The Kier molecular flexibility index (Phi) is 5.05. The van der Waals surface area contributed by atoms with Crippen molar-refractivity contribution in [1.82, 2.24) is 30.4 Å².